The number of nitrogens with zero attached hydrogens (tertiary/aromatic N) is 2. The van der Waals surface area contributed by atoms with Gasteiger partial charge >= 0.3 is 0 Å². The van der Waals surface area contributed by atoms with Crippen LogP contribution >= 0.6 is 22.7 Å². The molecule has 238 valence electrons. The Balaban J connectivity index is 0.000000181. The third-order valence-corrected chi connectivity index (χ3v) is 10.0. The molecule has 2 aromatic carbocycles. The van der Waals surface area contributed by atoms with Gasteiger partial charge in [-0.25, -0.2) is 0 Å². The molecule has 0 saturated carbocycles. The molecule has 0 radical (unpaired) electrons. The number of methoxy groups -OCH3 is 4. The molecule has 0 fully saturated rings. The lowest BCUT2D eigenvalue weighted by Gasteiger charge is -2.11. The molecule has 4 aromatic heterocycles. The SMILES string of the molecule is CCc1cc2c(=O)n(C)cc(-c3ccc(OC)c(OC)c3)c2s1.COc1ccc(-c2cn(C)c(=O)c3cc(C=O)sc23)cc1OC. The van der Waals surface area contributed by atoms with Crippen LogP contribution in [-0.4, -0.2) is 43.9 Å². The molecule has 6 aromatic rings. The Morgan fingerprint density at radius 3 is 1.54 bits per heavy atom. The Kier molecular flexibility index (Phi) is 9.64. The number of thiophene rings is 2. The molecular weight excluding hydrogens is 625 g/mol. The highest BCUT2D eigenvalue weighted by molar-refractivity contribution is 7.21. The Hall–Kier alpha value is -4.87. The lowest BCUT2D eigenvalue weighted by Crippen LogP contribution is -2.15. The molecule has 0 atom stereocenters. The topological polar surface area (TPSA) is 98.0 Å². The van der Waals surface area contributed by atoms with Crippen molar-refractivity contribution < 1.29 is 23.7 Å². The van der Waals surface area contributed by atoms with Crippen molar-refractivity contribution in [1.82, 2.24) is 9.13 Å². The van der Waals surface area contributed by atoms with Crippen molar-refractivity contribution in [2.24, 2.45) is 14.1 Å². The van der Waals surface area contributed by atoms with Crippen LogP contribution in [0.1, 0.15) is 21.5 Å². The first-order chi connectivity index (χ1) is 22.2. The van der Waals surface area contributed by atoms with Crippen LogP contribution in [-0.2, 0) is 20.5 Å². The van der Waals surface area contributed by atoms with Crippen molar-refractivity contribution in [2.45, 2.75) is 13.3 Å². The van der Waals surface area contributed by atoms with Gasteiger partial charge in [0.15, 0.2) is 29.3 Å². The van der Waals surface area contributed by atoms with Crippen LogP contribution < -0.4 is 30.1 Å². The summed E-state index contributed by atoms with van der Waals surface area (Å²) in [5, 5.41) is 1.33. The number of rotatable bonds is 8. The molecule has 0 amide bonds. The summed E-state index contributed by atoms with van der Waals surface area (Å²) in [4.78, 5) is 37.5. The van der Waals surface area contributed by atoms with Gasteiger partial charge in [0, 0.05) is 51.9 Å². The van der Waals surface area contributed by atoms with Crippen molar-refractivity contribution in [3.05, 3.63) is 91.4 Å². The number of aryl methyl sites for hydroxylation is 3. The molecule has 0 aliphatic carbocycles. The lowest BCUT2D eigenvalue weighted by atomic mass is 10.1. The molecule has 0 bridgehead atoms. The number of benzene rings is 2. The highest BCUT2D eigenvalue weighted by atomic mass is 32.1. The van der Waals surface area contributed by atoms with Crippen LogP contribution in [0, 0.1) is 0 Å². The number of aldehydes is 1. The third kappa shape index (κ3) is 6.03. The van der Waals surface area contributed by atoms with Gasteiger partial charge in [-0.3, -0.25) is 14.4 Å². The monoisotopic (exact) mass is 658 g/mol. The molecule has 9 nitrogen and oxygen atoms in total. The predicted molar refractivity (Wildman–Crippen MR) is 186 cm³/mol. The quantitative estimate of drug-likeness (QED) is 0.163. The maximum absolute atomic E-state index is 12.4. The zero-order chi connectivity index (χ0) is 33.1. The summed E-state index contributed by atoms with van der Waals surface area (Å²) < 4.78 is 26.3. The van der Waals surface area contributed by atoms with Crippen molar-refractivity contribution in [2.75, 3.05) is 28.4 Å². The van der Waals surface area contributed by atoms with Crippen LogP contribution in [0.15, 0.2) is 70.5 Å². The number of ether oxygens (including phenoxy) is 4. The van der Waals surface area contributed by atoms with E-state index in [-0.39, 0.29) is 11.1 Å². The minimum absolute atomic E-state index is 0.0418. The summed E-state index contributed by atoms with van der Waals surface area (Å²) in [6.07, 6.45) is 5.36. The Labute approximate surface area is 273 Å². The van der Waals surface area contributed by atoms with Gasteiger partial charge in [0.1, 0.15) is 0 Å². The number of fused-ring (bicyclic) bond motifs is 2. The van der Waals surface area contributed by atoms with Crippen LogP contribution in [0.4, 0.5) is 0 Å². The molecule has 0 saturated heterocycles. The summed E-state index contributed by atoms with van der Waals surface area (Å²) in [6, 6.07) is 15.1. The van der Waals surface area contributed by atoms with E-state index >= 15 is 0 Å². The molecule has 0 spiro atoms. The third-order valence-electron chi connectivity index (χ3n) is 7.62. The number of pyridine rings is 2. The molecule has 0 N–H and O–H groups in total. The molecular formula is C35H34N2O7S2. The molecule has 0 aliphatic heterocycles. The number of hydrogen-bond acceptors (Lipinski definition) is 9. The van der Waals surface area contributed by atoms with Gasteiger partial charge in [-0.05, 0) is 53.9 Å². The van der Waals surface area contributed by atoms with Crippen molar-refractivity contribution in [3.8, 4) is 45.3 Å². The highest BCUT2D eigenvalue weighted by Crippen LogP contribution is 2.39. The Morgan fingerprint density at radius 1 is 0.652 bits per heavy atom. The zero-order valence-electron chi connectivity index (χ0n) is 26.6. The van der Waals surface area contributed by atoms with E-state index in [0.717, 1.165) is 49.7 Å². The number of carbonyl (C=O) groups is 1. The number of carbonyl (C=O) groups excluding carboxylic acids is 1. The fourth-order valence-corrected chi connectivity index (χ4v) is 7.34. The van der Waals surface area contributed by atoms with Gasteiger partial charge in [-0.2, -0.15) is 0 Å². The lowest BCUT2D eigenvalue weighted by molar-refractivity contribution is 0.112. The van der Waals surface area contributed by atoms with Crippen LogP contribution in [0.3, 0.4) is 0 Å². The molecule has 6 rings (SSSR count). The van der Waals surface area contributed by atoms with E-state index in [2.05, 4.69) is 6.92 Å². The first-order valence-corrected chi connectivity index (χ1v) is 16.0. The van der Waals surface area contributed by atoms with Gasteiger partial charge in [0.2, 0.25) is 0 Å². The summed E-state index contributed by atoms with van der Waals surface area (Å²) in [7, 11) is 9.89. The number of aromatic nitrogens is 2. The van der Waals surface area contributed by atoms with Crippen molar-refractivity contribution in [1.29, 1.82) is 0 Å². The largest absolute Gasteiger partial charge is 0.493 e. The van der Waals surface area contributed by atoms with E-state index in [1.54, 1.807) is 70.7 Å². The Bertz CT molecular complexity index is 2190. The fourth-order valence-electron chi connectivity index (χ4n) is 5.22. The summed E-state index contributed by atoms with van der Waals surface area (Å²) >= 11 is 2.99. The minimum atomic E-state index is -0.117. The molecule has 0 unspecified atom stereocenters. The second-order valence-corrected chi connectivity index (χ2v) is 12.6. The molecule has 4 heterocycles. The van der Waals surface area contributed by atoms with Gasteiger partial charge in [-0.15, -0.1) is 22.7 Å². The molecule has 46 heavy (non-hydrogen) atoms. The maximum atomic E-state index is 12.4. The van der Waals surface area contributed by atoms with E-state index < -0.39 is 0 Å². The first-order valence-electron chi connectivity index (χ1n) is 14.3. The van der Waals surface area contributed by atoms with Crippen LogP contribution in [0.25, 0.3) is 42.4 Å². The van der Waals surface area contributed by atoms with Crippen LogP contribution in [0.2, 0.25) is 0 Å². The van der Waals surface area contributed by atoms with E-state index in [9.17, 15) is 14.4 Å². The van der Waals surface area contributed by atoms with E-state index in [4.69, 9.17) is 18.9 Å². The first kappa shape index (κ1) is 32.5. The Morgan fingerprint density at radius 2 is 1.11 bits per heavy atom. The van der Waals surface area contributed by atoms with E-state index in [1.807, 2.05) is 48.7 Å². The van der Waals surface area contributed by atoms with Gasteiger partial charge < -0.3 is 28.1 Å². The predicted octanol–water partition coefficient (Wildman–Crippen LogP) is 6.94. The summed E-state index contributed by atoms with van der Waals surface area (Å²) in [6.45, 7) is 2.10. The normalized spacial score (nSPS) is 10.8. The molecule has 0 aliphatic rings. The van der Waals surface area contributed by atoms with E-state index in [0.29, 0.717) is 33.3 Å². The van der Waals surface area contributed by atoms with Crippen molar-refractivity contribution >= 4 is 49.1 Å². The zero-order valence-corrected chi connectivity index (χ0v) is 28.3. The van der Waals surface area contributed by atoms with E-state index in [1.165, 1.54) is 20.8 Å². The van der Waals surface area contributed by atoms with Gasteiger partial charge in [0.25, 0.3) is 11.1 Å². The fraction of sp³-hybridized carbons (Fsp3) is 0.229. The minimum Gasteiger partial charge on any atom is -0.493 e. The summed E-state index contributed by atoms with van der Waals surface area (Å²) in [5.74, 6) is 2.62. The average Bonchev–Trinajstić information content (AvgIpc) is 3.73. The second-order valence-electron chi connectivity index (χ2n) is 10.4. The maximum Gasteiger partial charge on any atom is 0.259 e. The second kappa shape index (κ2) is 13.6. The molecule has 11 heteroatoms. The van der Waals surface area contributed by atoms with Crippen LogP contribution in [0.5, 0.6) is 23.0 Å². The average molecular weight is 659 g/mol. The summed E-state index contributed by atoms with van der Waals surface area (Å²) in [5.41, 5.74) is 3.73. The number of hydrogen-bond donors (Lipinski definition) is 0. The smallest absolute Gasteiger partial charge is 0.259 e. The standard InChI is InChI=1S/C18H19NO3S.C17H15NO4S/c1-5-12-9-13-17(23-12)14(10-19(2)18(13)20)11-6-7-15(21-3)16(8-11)22-4;1-18-8-13(10-4-5-14(21-2)15(6-10)22-3)16-12(17(18)20)7-11(9-19)23-16/h6-10H,5H2,1-4H3;4-9H,1-3H3. The highest BCUT2D eigenvalue weighted by Gasteiger charge is 2.16. The van der Waals surface area contributed by atoms with Gasteiger partial charge in [-0.1, -0.05) is 19.1 Å². The van der Waals surface area contributed by atoms with Crippen molar-refractivity contribution in [3.63, 3.8) is 0 Å². The van der Waals surface area contributed by atoms with Gasteiger partial charge in [0.05, 0.1) is 44.1 Å².